The molecule has 0 bridgehead atoms. The highest BCUT2D eigenvalue weighted by atomic mass is 32.2. The Morgan fingerprint density at radius 2 is 2.80 bits per heavy atom. The molecule has 1 heterocycles. The third kappa shape index (κ3) is 0.769. The molecule has 0 aliphatic carbocycles. The van der Waals surface area contributed by atoms with Crippen molar-refractivity contribution in [3.05, 3.63) is 0 Å². The summed E-state index contributed by atoms with van der Waals surface area (Å²) in [6.07, 6.45) is 0. The van der Waals surface area contributed by atoms with E-state index in [9.17, 15) is 0 Å². The van der Waals surface area contributed by atoms with Gasteiger partial charge < -0.3 is 0 Å². The Kier molecular flexibility index (Phi) is 1.10. The van der Waals surface area contributed by atoms with Gasteiger partial charge in [0.05, 0.1) is 0 Å². The predicted octanol–water partition coefficient (Wildman–Crippen LogP) is 0.0585. The van der Waals surface area contributed by atoms with Gasteiger partial charge in [0.25, 0.3) is 0 Å². The second-order valence-corrected chi connectivity index (χ2v) is 1.15. The Balaban J connectivity index is 2.08. The van der Waals surface area contributed by atoms with E-state index < -0.39 is 0 Å². The van der Waals surface area contributed by atoms with Gasteiger partial charge in [-0.15, -0.1) is 4.33 Å². The molecule has 0 radical (unpaired) electrons. The van der Waals surface area contributed by atoms with Crippen molar-refractivity contribution in [1.29, 1.82) is 0 Å². The van der Waals surface area contributed by atoms with E-state index in [1.165, 1.54) is 0 Å². The summed E-state index contributed by atoms with van der Waals surface area (Å²) >= 11 is 1.10. The topological polar surface area (TPSA) is 30.5 Å². The van der Waals surface area contributed by atoms with E-state index in [1.54, 1.807) is 0 Å². The largest absolute Gasteiger partial charge is 0.210 e. The summed E-state index contributed by atoms with van der Waals surface area (Å²) < 4.78 is 6.94. The van der Waals surface area contributed by atoms with Crippen molar-refractivity contribution in [3.8, 4) is 0 Å². The van der Waals surface area contributed by atoms with E-state index in [0.29, 0.717) is 6.73 Å². The van der Waals surface area contributed by atoms with Crippen molar-refractivity contribution in [2.45, 2.75) is 0 Å². The number of hydrogen-bond acceptors (Lipinski definition) is 4. The molecule has 0 atom stereocenters. The van der Waals surface area contributed by atoms with Crippen molar-refractivity contribution in [1.82, 2.24) is 4.72 Å². The Morgan fingerprint density at radius 1 is 1.80 bits per heavy atom. The van der Waals surface area contributed by atoms with Gasteiger partial charge in [0, 0.05) is 0 Å². The van der Waals surface area contributed by atoms with E-state index in [0.717, 1.165) is 12.2 Å². The lowest BCUT2D eigenvalue weighted by molar-refractivity contribution is -0.171. The van der Waals surface area contributed by atoms with Gasteiger partial charge in [0.1, 0.15) is 19.0 Å². The van der Waals surface area contributed by atoms with E-state index >= 15 is 0 Å². The molecule has 3 nitrogen and oxygen atoms in total. The molecule has 0 saturated carbocycles. The van der Waals surface area contributed by atoms with Crippen molar-refractivity contribution in [2.24, 2.45) is 0 Å². The van der Waals surface area contributed by atoms with E-state index in [2.05, 4.69) is 13.9 Å². The van der Waals surface area contributed by atoms with Crippen LogP contribution in [0.25, 0.3) is 0 Å². The van der Waals surface area contributed by atoms with Crippen LogP contribution in [0.1, 0.15) is 0 Å². The molecule has 4 heteroatoms. The maximum Gasteiger partial charge on any atom is 0.144 e. The van der Waals surface area contributed by atoms with Crippen LogP contribution < -0.4 is 4.72 Å². The first-order valence-electron chi connectivity index (χ1n) is 1.18. The lowest BCUT2D eigenvalue weighted by Crippen LogP contribution is -1.94. The summed E-state index contributed by atoms with van der Waals surface area (Å²) in [7, 11) is 0. The van der Waals surface area contributed by atoms with E-state index in [4.69, 9.17) is 0 Å². The molecule has 0 unspecified atom stereocenters. The SMILES string of the molecule is C1NSOO1. The lowest BCUT2D eigenvalue weighted by atomic mass is 11.4. The van der Waals surface area contributed by atoms with Gasteiger partial charge in [-0.3, -0.25) is 0 Å². The highest BCUT2D eigenvalue weighted by Crippen LogP contribution is 2.01. The van der Waals surface area contributed by atoms with Gasteiger partial charge in [-0.05, 0) is 0 Å². The van der Waals surface area contributed by atoms with Crippen LogP contribution in [0.5, 0.6) is 0 Å². The van der Waals surface area contributed by atoms with Crippen LogP contribution in [0.2, 0.25) is 0 Å². The molecule has 1 rings (SSSR count). The second kappa shape index (κ2) is 1.61. The molecular weight excluding hydrogens is 90.1 g/mol. The fourth-order valence-corrected chi connectivity index (χ4v) is 0.361. The first-order chi connectivity index (χ1) is 2.50. The van der Waals surface area contributed by atoms with E-state index in [1.807, 2.05) is 0 Å². The minimum atomic E-state index is 0.491. The summed E-state index contributed by atoms with van der Waals surface area (Å²) in [6, 6.07) is 0. The smallest absolute Gasteiger partial charge is 0.144 e. The summed E-state index contributed by atoms with van der Waals surface area (Å²) in [6.45, 7) is 0.491. The van der Waals surface area contributed by atoms with Gasteiger partial charge in [0.15, 0.2) is 0 Å². The first-order valence-corrected chi connectivity index (χ1v) is 1.92. The zero-order valence-corrected chi connectivity index (χ0v) is 3.25. The quantitative estimate of drug-likeness (QED) is 0.260. The molecule has 1 aliphatic rings. The summed E-state index contributed by atoms with van der Waals surface area (Å²) in [4.78, 5) is 4.30. The Bertz CT molecular complexity index is 21.2. The van der Waals surface area contributed by atoms with Gasteiger partial charge in [-0.1, -0.05) is 0 Å². The molecule has 0 aromatic heterocycles. The molecule has 0 spiro atoms. The van der Waals surface area contributed by atoms with Crippen LogP contribution in [0.3, 0.4) is 0 Å². The fraction of sp³-hybridized carbons (Fsp3) is 1.00. The normalized spacial score (nSPS) is 24.0. The van der Waals surface area contributed by atoms with Crippen LogP contribution in [0.4, 0.5) is 0 Å². The molecule has 1 N–H and O–H groups in total. The minimum Gasteiger partial charge on any atom is -0.210 e. The second-order valence-electron chi connectivity index (χ2n) is 0.558. The molecule has 1 saturated heterocycles. The Morgan fingerprint density at radius 3 is 3.00 bits per heavy atom. The van der Waals surface area contributed by atoms with Gasteiger partial charge in [-0.2, -0.15) is 0 Å². The van der Waals surface area contributed by atoms with Gasteiger partial charge >= 0.3 is 0 Å². The van der Waals surface area contributed by atoms with Gasteiger partial charge in [0.2, 0.25) is 0 Å². The average molecular weight is 93.1 g/mol. The van der Waals surface area contributed by atoms with Crippen LogP contribution in [-0.4, -0.2) is 6.73 Å². The standard InChI is InChI=1S/CH3NO2S/c1-2-5-4-3-1/h2H,1H2. The molecule has 30 valence electrons. The third-order valence-corrected chi connectivity index (χ3v) is 0.659. The molecule has 5 heavy (non-hydrogen) atoms. The number of hydrogen-bond donors (Lipinski definition) is 1. The fourth-order valence-electron chi connectivity index (χ4n) is 0.120. The minimum absolute atomic E-state index is 0.491. The number of rotatable bonds is 0. The zero-order valence-electron chi connectivity index (χ0n) is 2.43. The molecule has 1 aliphatic heterocycles. The van der Waals surface area contributed by atoms with Crippen LogP contribution in [0, 0.1) is 0 Å². The zero-order chi connectivity index (χ0) is 3.54. The molecule has 0 aromatic carbocycles. The maximum absolute atomic E-state index is 4.30. The lowest BCUT2D eigenvalue weighted by Gasteiger charge is -1.72. The number of nitrogens with one attached hydrogen (secondary N) is 1. The highest BCUT2D eigenvalue weighted by Gasteiger charge is 1.95. The Labute approximate surface area is 33.9 Å². The van der Waals surface area contributed by atoms with Crippen molar-refractivity contribution < 1.29 is 9.22 Å². The van der Waals surface area contributed by atoms with Crippen LogP contribution in [-0.2, 0) is 9.22 Å². The van der Waals surface area contributed by atoms with Crippen molar-refractivity contribution >= 4 is 12.2 Å². The first kappa shape index (κ1) is 3.42. The molecular formula is CH3NO2S. The summed E-state index contributed by atoms with van der Waals surface area (Å²) in [5.74, 6) is 0. The Hall–Kier alpha value is 0.230. The van der Waals surface area contributed by atoms with Gasteiger partial charge in [-0.25, -0.2) is 9.61 Å². The average Bonchev–Trinajstić information content (AvgIpc) is 1.76. The van der Waals surface area contributed by atoms with Crippen LogP contribution >= 0.6 is 12.2 Å². The monoisotopic (exact) mass is 93.0 g/mol. The van der Waals surface area contributed by atoms with E-state index in [-0.39, 0.29) is 0 Å². The third-order valence-electron chi connectivity index (χ3n) is 0.259. The highest BCUT2D eigenvalue weighted by molar-refractivity contribution is 7.92. The molecule has 0 aromatic rings. The maximum atomic E-state index is 4.30. The summed E-state index contributed by atoms with van der Waals surface area (Å²) in [5, 5.41) is 0. The molecule has 1 fully saturated rings. The van der Waals surface area contributed by atoms with Crippen molar-refractivity contribution in [3.63, 3.8) is 0 Å². The summed E-state index contributed by atoms with van der Waals surface area (Å²) in [5.41, 5.74) is 0. The molecule has 0 amide bonds. The van der Waals surface area contributed by atoms with Crippen molar-refractivity contribution in [2.75, 3.05) is 6.73 Å². The predicted molar refractivity (Wildman–Crippen MR) is 17.8 cm³/mol. The van der Waals surface area contributed by atoms with Crippen LogP contribution in [0.15, 0.2) is 0 Å².